The van der Waals surface area contributed by atoms with Crippen molar-refractivity contribution in [2.75, 3.05) is 6.54 Å². The Morgan fingerprint density at radius 2 is 2.04 bits per heavy atom. The maximum Gasteiger partial charge on any atom is 0.387 e. The van der Waals surface area contributed by atoms with Crippen LogP contribution in [-0.4, -0.2) is 28.4 Å². The zero-order chi connectivity index (χ0) is 19.2. The molecule has 5 nitrogen and oxygen atoms in total. The molecule has 0 atom stereocenters. The molecule has 1 amide bonds. The number of fused-ring (bicyclic) bond motifs is 1. The van der Waals surface area contributed by atoms with Gasteiger partial charge in [-0.3, -0.25) is 9.20 Å². The van der Waals surface area contributed by atoms with Gasteiger partial charge in [-0.2, -0.15) is 8.78 Å². The molecule has 0 saturated carbocycles. The Balaban J connectivity index is 1.52. The molecule has 0 fully saturated rings. The van der Waals surface area contributed by atoms with Crippen molar-refractivity contribution < 1.29 is 18.3 Å². The van der Waals surface area contributed by atoms with Crippen LogP contribution in [0, 0.1) is 0 Å². The number of pyridine rings is 1. The lowest BCUT2D eigenvalue weighted by molar-refractivity contribution is -0.116. The van der Waals surface area contributed by atoms with Crippen LogP contribution in [0.25, 0.3) is 11.7 Å². The van der Waals surface area contributed by atoms with Gasteiger partial charge in [-0.25, -0.2) is 4.98 Å². The van der Waals surface area contributed by atoms with Crippen LogP contribution in [0.4, 0.5) is 8.78 Å². The Labute approximate surface area is 159 Å². The van der Waals surface area contributed by atoms with E-state index in [4.69, 9.17) is 11.6 Å². The fraction of sp³-hybridized carbons (Fsp3) is 0.158. The van der Waals surface area contributed by atoms with Gasteiger partial charge in [0.25, 0.3) is 0 Å². The number of hydrogen-bond donors (Lipinski definition) is 1. The first-order valence-electron chi connectivity index (χ1n) is 8.15. The van der Waals surface area contributed by atoms with Crippen molar-refractivity contribution in [3.8, 4) is 5.75 Å². The van der Waals surface area contributed by atoms with Gasteiger partial charge in [-0.05, 0) is 42.3 Å². The number of alkyl halides is 2. The minimum Gasteiger partial charge on any atom is -0.435 e. The highest BCUT2D eigenvalue weighted by Gasteiger charge is 2.07. The minimum absolute atomic E-state index is 0.102. The van der Waals surface area contributed by atoms with E-state index in [0.29, 0.717) is 29.5 Å². The summed E-state index contributed by atoms with van der Waals surface area (Å²) in [6.45, 7) is -2.44. The third kappa shape index (κ3) is 5.04. The summed E-state index contributed by atoms with van der Waals surface area (Å²) in [5.41, 5.74) is 2.21. The molecule has 0 spiro atoms. The van der Waals surface area contributed by atoms with Crippen molar-refractivity contribution in [3.63, 3.8) is 0 Å². The van der Waals surface area contributed by atoms with Gasteiger partial charge in [0.05, 0.1) is 5.69 Å². The zero-order valence-corrected chi connectivity index (χ0v) is 14.9. The molecular weight excluding hydrogens is 376 g/mol. The van der Waals surface area contributed by atoms with Gasteiger partial charge >= 0.3 is 6.61 Å². The minimum atomic E-state index is -2.84. The van der Waals surface area contributed by atoms with Gasteiger partial charge in [0.15, 0.2) is 5.15 Å². The third-order valence-corrected chi connectivity index (χ3v) is 4.05. The molecule has 0 aliphatic carbocycles. The number of imidazole rings is 1. The molecule has 0 saturated heterocycles. The molecule has 3 rings (SSSR count). The van der Waals surface area contributed by atoms with Crippen molar-refractivity contribution in [2.24, 2.45) is 0 Å². The van der Waals surface area contributed by atoms with Gasteiger partial charge in [0, 0.05) is 18.8 Å². The van der Waals surface area contributed by atoms with Crippen molar-refractivity contribution >= 4 is 29.2 Å². The molecule has 27 heavy (non-hydrogen) atoms. The monoisotopic (exact) mass is 391 g/mol. The highest BCUT2D eigenvalue weighted by Crippen LogP contribution is 2.19. The van der Waals surface area contributed by atoms with Gasteiger partial charge in [0.1, 0.15) is 11.4 Å². The lowest BCUT2D eigenvalue weighted by atomic mass is 10.1. The maximum atomic E-state index is 12.1. The van der Waals surface area contributed by atoms with E-state index in [1.165, 1.54) is 18.2 Å². The van der Waals surface area contributed by atoms with Crippen LogP contribution >= 0.6 is 11.6 Å². The summed E-state index contributed by atoms with van der Waals surface area (Å²) in [6, 6.07) is 11.8. The number of amides is 1. The van der Waals surface area contributed by atoms with E-state index in [2.05, 4.69) is 15.0 Å². The van der Waals surface area contributed by atoms with Crippen molar-refractivity contribution in [2.45, 2.75) is 13.0 Å². The molecule has 8 heteroatoms. The second-order valence-electron chi connectivity index (χ2n) is 5.61. The molecule has 2 aromatic heterocycles. The Hall–Kier alpha value is -2.93. The molecule has 1 N–H and O–H groups in total. The summed E-state index contributed by atoms with van der Waals surface area (Å²) >= 11 is 6.11. The largest absolute Gasteiger partial charge is 0.435 e. The number of aromatic nitrogens is 2. The molecule has 140 valence electrons. The number of hydrogen-bond acceptors (Lipinski definition) is 3. The van der Waals surface area contributed by atoms with Gasteiger partial charge in [-0.1, -0.05) is 29.8 Å². The molecule has 1 aromatic carbocycles. The van der Waals surface area contributed by atoms with Crippen LogP contribution in [0.3, 0.4) is 0 Å². The number of carbonyl (C=O) groups is 1. The zero-order valence-electron chi connectivity index (χ0n) is 14.1. The average Bonchev–Trinajstić information content (AvgIpc) is 2.96. The van der Waals surface area contributed by atoms with Crippen LogP contribution in [-0.2, 0) is 11.2 Å². The highest BCUT2D eigenvalue weighted by molar-refractivity contribution is 6.31. The molecule has 0 bridgehead atoms. The SMILES string of the molecule is O=C(/C=C/c1c(Cl)nc2ccccn12)NCCc1ccc(OC(F)F)cc1. The molecule has 0 radical (unpaired) electrons. The fourth-order valence-corrected chi connectivity index (χ4v) is 2.76. The Bertz CT molecular complexity index is 955. The van der Waals surface area contributed by atoms with E-state index in [1.807, 2.05) is 24.4 Å². The van der Waals surface area contributed by atoms with Crippen LogP contribution < -0.4 is 10.1 Å². The number of nitrogens with one attached hydrogen (secondary N) is 1. The van der Waals surface area contributed by atoms with Crippen molar-refractivity contribution in [1.29, 1.82) is 0 Å². The standard InChI is InChI=1S/C19H16ClF2N3O2/c20-18-15(25-12-2-1-3-16(25)24-18)8-9-17(26)23-11-10-13-4-6-14(7-5-13)27-19(21)22/h1-9,12,19H,10-11H2,(H,23,26)/b9-8+. The maximum absolute atomic E-state index is 12.1. The predicted molar refractivity (Wildman–Crippen MR) is 99.0 cm³/mol. The highest BCUT2D eigenvalue weighted by atomic mass is 35.5. The number of halogens is 3. The number of ether oxygens (including phenoxy) is 1. The second kappa shape index (κ2) is 8.64. The summed E-state index contributed by atoms with van der Waals surface area (Å²) in [5, 5.41) is 3.07. The number of benzene rings is 1. The smallest absolute Gasteiger partial charge is 0.387 e. The number of rotatable bonds is 7. The van der Waals surface area contributed by atoms with E-state index in [0.717, 1.165) is 5.56 Å². The molecule has 2 heterocycles. The normalized spacial score (nSPS) is 11.4. The first-order chi connectivity index (χ1) is 13.0. The predicted octanol–water partition coefficient (Wildman–Crippen LogP) is 3.96. The van der Waals surface area contributed by atoms with E-state index in [1.54, 1.807) is 22.6 Å². The van der Waals surface area contributed by atoms with Crippen LogP contribution in [0.5, 0.6) is 5.75 Å². The van der Waals surface area contributed by atoms with Gasteiger partial charge in [-0.15, -0.1) is 0 Å². The first kappa shape index (κ1) is 18.8. The van der Waals surface area contributed by atoms with Crippen LogP contribution in [0.2, 0.25) is 5.15 Å². The number of carbonyl (C=O) groups excluding carboxylic acids is 1. The summed E-state index contributed by atoms with van der Waals surface area (Å²) < 4.78 is 30.3. The molecule has 0 unspecified atom stereocenters. The first-order valence-corrected chi connectivity index (χ1v) is 8.53. The second-order valence-corrected chi connectivity index (χ2v) is 5.97. The van der Waals surface area contributed by atoms with E-state index < -0.39 is 6.61 Å². The lowest BCUT2D eigenvalue weighted by Gasteiger charge is -2.06. The summed E-state index contributed by atoms with van der Waals surface area (Å²) in [5.74, 6) is -0.166. The third-order valence-electron chi connectivity index (χ3n) is 3.78. The average molecular weight is 392 g/mol. The quantitative estimate of drug-likeness (QED) is 0.620. The summed E-state index contributed by atoms with van der Waals surface area (Å²) in [4.78, 5) is 16.2. The fourth-order valence-electron chi connectivity index (χ4n) is 2.52. The Morgan fingerprint density at radius 3 is 2.78 bits per heavy atom. The summed E-state index contributed by atoms with van der Waals surface area (Å²) in [7, 11) is 0. The summed E-state index contributed by atoms with van der Waals surface area (Å²) in [6.07, 6.45) is 5.37. The van der Waals surface area contributed by atoms with Gasteiger partial charge in [0.2, 0.25) is 5.91 Å². The van der Waals surface area contributed by atoms with Crippen molar-refractivity contribution in [3.05, 3.63) is 71.1 Å². The van der Waals surface area contributed by atoms with E-state index >= 15 is 0 Å². The molecule has 3 aromatic rings. The molecular formula is C19H16ClF2N3O2. The molecule has 0 aliphatic heterocycles. The molecule has 0 aliphatic rings. The van der Waals surface area contributed by atoms with Crippen molar-refractivity contribution in [1.82, 2.24) is 14.7 Å². The number of nitrogens with zero attached hydrogens (tertiary/aromatic N) is 2. The van der Waals surface area contributed by atoms with E-state index in [-0.39, 0.29) is 11.7 Å². The topological polar surface area (TPSA) is 55.6 Å². The Morgan fingerprint density at radius 1 is 1.26 bits per heavy atom. The van der Waals surface area contributed by atoms with E-state index in [9.17, 15) is 13.6 Å². The lowest BCUT2D eigenvalue weighted by Crippen LogP contribution is -2.23. The van der Waals surface area contributed by atoms with Gasteiger partial charge < -0.3 is 10.1 Å². The Kier molecular flexibility index (Phi) is 6.03. The van der Waals surface area contributed by atoms with Crippen LogP contribution in [0.15, 0.2) is 54.7 Å². The van der Waals surface area contributed by atoms with Crippen LogP contribution in [0.1, 0.15) is 11.3 Å².